The molecule has 0 aliphatic carbocycles. The van der Waals surface area contributed by atoms with Crippen molar-refractivity contribution in [1.29, 1.82) is 0 Å². The minimum absolute atomic E-state index is 0.0116. The smallest absolute Gasteiger partial charge is 0.243 e. The summed E-state index contributed by atoms with van der Waals surface area (Å²) in [6.45, 7) is 10.7. The molecule has 0 atom stereocenters. The van der Waals surface area contributed by atoms with E-state index >= 15 is 0 Å². The van der Waals surface area contributed by atoms with E-state index in [1.807, 2.05) is 6.07 Å². The van der Waals surface area contributed by atoms with E-state index in [0.717, 1.165) is 5.56 Å². The van der Waals surface area contributed by atoms with Gasteiger partial charge < -0.3 is 5.11 Å². The van der Waals surface area contributed by atoms with Crippen molar-refractivity contribution in [3.63, 3.8) is 0 Å². The number of azo groups is 1. The number of phenolic OH excluding ortho intramolecular Hbond substituents is 1. The van der Waals surface area contributed by atoms with E-state index in [-0.39, 0.29) is 16.1 Å². The molecule has 0 spiro atoms. The van der Waals surface area contributed by atoms with Gasteiger partial charge in [0, 0.05) is 13.1 Å². The van der Waals surface area contributed by atoms with Crippen molar-refractivity contribution in [2.75, 3.05) is 13.1 Å². The van der Waals surface area contributed by atoms with Crippen LogP contribution >= 0.6 is 15.9 Å². The Hall–Kier alpha value is -1.77. The minimum atomic E-state index is -3.50. The number of hydrogen-bond acceptors (Lipinski definition) is 5. The Morgan fingerprint density at radius 1 is 1.04 bits per heavy atom. The van der Waals surface area contributed by atoms with E-state index in [0.29, 0.717) is 28.9 Å². The zero-order chi connectivity index (χ0) is 21.1. The SMILES string of the molecule is CCN(CC)S(=O)(=O)c1ccc(N=Nc2cc(C(C)(C)C)cc(Br)c2O)cc1. The third-order valence-corrected chi connectivity index (χ3v) is 7.03. The normalized spacial score (nSPS) is 12.8. The molecule has 2 aromatic carbocycles. The molecule has 2 rings (SSSR count). The molecule has 0 aromatic heterocycles. The first kappa shape index (κ1) is 22.5. The zero-order valence-corrected chi connectivity index (χ0v) is 19.2. The monoisotopic (exact) mass is 467 g/mol. The summed E-state index contributed by atoms with van der Waals surface area (Å²) in [5.41, 5.74) is 1.74. The summed E-state index contributed by atoms with van der Waals surface area (Å²) in [5.74, 6) is 0.0116. The van der Waals surface area contributed by atoms with Crippen LogP contribution in [0, 0.1) is 0 Å². The molecule has 1 N–H and O–H groups in total. The number of sulfonamides is 1. The van der Waals surface area contributed by atoms with Crippen molar-refractivity contribution in [1.82, 2.24) is 4.31 Å². The third-order valence-electron chi connectivity index (χ3n) is 4.36. The summed E-state index contributed by atoms with van der Waals surface area (Å²) in [6.07, 6.45) is 0. The van der Waals surface area contributed by atoms with Gasteiger partial charge in [0.25, 0.3) is 0 Å². The first-order valence-electron chi connectivity index (χ1n) is 9.05. The average molecular weight is 468 g/mol. The highest BCUT2D eigenvalue weighted by Gasteiger charge is 2.21. The fourth-order valence-corrected chi connectivity index (χ4v) is 4.51. The fraction of sp³-hybridized carbons (Fsp3) is 0.400. The molecular weight excluding hydrogens is 442 g/mol. The molecule has 0 saturated heterocycles. The molecule has 152 valence electrons. The van der Waals surface area contributed by atoms with Crippen LogP contribution in [0.1, 0.15) is 40.2 Å². The van der Waals surface area contributed by atoms with Gasteiger partial charge >= 0.3 is 0 Å². The zero-order valence-electron chi connectivity index (χ0n) is 16.8. The van der Waals surface area contributed by atoms with Crippen LogP contribution in [0.15, 0.2) is 56.0 Å². The lowest BCUT2D eigenvalue weighted by Crippen LogP contribution is -2.30. The largest absolute Gasteiger partial charge is 0.505 e. The average Bonchev–Trinajstić information content (AvgIpc) is 2.63. The maximum atomic E-state index is 12.5. The van der Waals surface area contributed by atoms with Gasteiger partial charge in [-0.05, 0) is 63.3 Å². The summed E-state index contributed by atoms with van der Waals surface area (Å²) < 4.78 is 27.0. The predicted octanol–water partition coefficient (Wildman–Crippen LogP) is 5.90. The van der Waals surface area contributed by atoms with E-state index in [1.54, 1.807) is 32.0 Å². The summed E-state index contributed by atoms with van der Waals surface area (Å²) in [4.78, 5) is 0.218. The molecular formula is C20H26BrN3O3S. The van der Waals surface area contributed by atoms with Gasteiger partial charge in [-0.1, -0.05) is 34.6 Å². The Morgan fingerprint density at radius 2 is 1.61 bits per heavy atom. The number of rotatable bonds is 6. The number of nitrogens with zero attached hydrogens (tertiary/aromatic N) is 3. The summed E-state index contributed by atoms with van der Waals surface area (Å²) >= 11 is 3.35. The number of aromatic hydroxyl groups is 1. The predicted molar refractivity (Wildman–Crippen MR) is 115 cm³/mol. The first-order chi connectivity index (χ1) is 13.0. The Kier molecular flexibility index (Phi) is 7.01. The van der Waals surface area contributed by atoms with Gasteiger partial charge in [-0.25, -0.2) is 8.42 Å². The number of halogens is 1. The highest BCUT2D eigenvalue weighted by atomic mass is 79.9. The minimum Gasteiger partial charge on any atom is -0.505 e. The van der Waals surface area contributed by atoms with Gasteiger partial charge in [0.05, 0.1) is 15.1 Å². The Bertz CT molecular complexity index is 961. The second kappa shape index (κ2) is 8.71. The fourth-order valence-electron chi connectivity index (χ4n) is 2.60. The highest BCUT2D eigenvalue weighted by molar-refractivity contribution is 9.10. The van der Waals surface area contributed by atoms with Crippen LogP contribution in [0.5, 0.6) is 5.75 Å². The molecule has 0 amide bonds. The quantitative estimate of drug-likeness (QED) is 0.536. The summed E-state index contributed by atoms with van der Waals surface area (Å²) in [6, 6.07) is 9.88. The van der Waals surface area contributed by atoms with Gasteiger partial charge in [0.1, 0.15) is 5.69 Å². The Labute approximate surface area is 175 Å². The third kappa shape index (κ3) is 4.98. The molecule has 6 nitrogen and oxygen atoms in total. The Balaban J connectivity index is 2.33. The second-order valence-electron chi connectivity index (χ2n) is 7.36. The van der Waals surface area contributed by atoms with E-state index in [1.165, 1.54) is 16.4 Å². The molecule has 0 aliphatic heterocycles. The molecule has 8 heteroatoms. The summed E-state index contributed by atoms with van der Waals surface area (Å²) in [7, 11) is -3.50. The molecule has 2 aromatic rings. The summed E-state index contributed by atoms with van der Waals surface area (Å²) in [5, 5.41) is 18.5. The van der Waals surface area contributed by atoms with Crippen LogP contribution in [0.3, 0.4) is 0 Å². The van der Waals surface area contributed by atoms with Crippen LogP contribution in [-0.4, -0.2) is 30.9 Å². The molecule has 0 unspecified atom stereocenters. The van der Waals surface area contributed by atoms with Crippen LogP contribution in [0.25, 0.3) is 0 Å². The lowest BCUT2D eigenvalue weighted by molar-refractivity contribution is 0.445. The van der Waals surface area contributed by atoms with E-state index in [4.69, 9.17) is 0 Å². The Morgan fingerprint density at radius 3 is 2.11 bits per heavy atom. The van der Waals surface area contributed by atoms with Gasteiger partial charge in [-0.2, -0.15) is 9.42 Å². The first-order valence-corrected chi connectivity index (χ1v) is 11.3. The molecule has 0 radical (unpaired) electrons. The highest BCUT2D eigenvalue weighted by Crippen LogP contribution is 2.39. The van der Waals surface area contributed by atoms with Gasteiger partial charge in [0.2, 0.25) is 10.0 Å². The molecule has 28 heavy (non-hydrogen) atoms. The van der Waals surface area contributed by atoms with Crippen molar-refractivity contribution < 1.29 is 13.5 Å². The molecule has 0 bridgehead atoms. The lowest BCUT2D eigenvalue weighted by atomic mass is 9.87. The van der Waals surface area contributed by atoms with Crippen LogP contribution in [-0.2, 0) is 15.4 Å². The van der Waals surface area contributed by atoms with Crippen molar-refractivity contribution in [2.24, 2.45) is 10.2 Å². The van der Waals surface area contributed by atoms with E-state index in [9.17, 15) is 13.5 Å². The maximum Gasteiger partial charge on any atom is 0.243 e. The lowest BCUT2D eigenvalue weighted by Gasteiger charge is -2.20. The maximum absolute atomic E-state index is 12.5. The molecule has 0 heterocycles. The van der Waals surface area contributed by atoms with Crippen molar-refractivity contribution in [3.05, 3.63) is 46.4 Å². The standard InChI is InChI=1S/C20H26BrN3O3S/c1-6-24(7-2)28(26,27)16-10-8-15(9-11-16)22-23-18-13-14(20(3,4)5)12-17(21)19(18)25/h8-13,25H,6-7H2,1-5H3. The van der Waals surface area contributed by atoms with Gasteiger partial charge in [-0.3, -0.25) is 0 Å². The van der Waals surface area contributed by atoms with Gasteiger partial charge in [-0.15, -0.1) is 5.11 Å². The molecule has 0 fully saturated rings. The van der Waals surface area contributed by atoms with Crippen LogP contribution < -0.4 is 0 Å². The van der Waals surface area contributed by atoms with Crippen molar-refractivity contribution >= 4 is 37.3 Å². The van der Waals surface area contributed by atoms with E-state index in [2.05, 4.69) is 46.9 Å². The molecule has 0 saturated carbocycles. The van der Waals surface area contributed by atoms with Crippen molar-refractivity contribution in [3.8, 4) is 5.75 Å². The number of benzene rings is 2. The second-order valence-corrected chi connectivity index (χ2v) is 10.2. The number of hydrogen-bond donors (Lipinski definition) is 1. The number of phenols is 1. The van der Waals surface area contributed by atoms with Crippen molar-refractivity contribution in [2.45, 2.75) is 44.9 Å². The van der Waals surface area contributed by atoms with Crippen LogP contribution in [0.4, 0.5) is 11.4 Å². The molecule has 0 aliphatic rings. The topological polar surface area (TPSA) is 82.3 Å². The van der Waals surface area contributed by atoms with Gasteiger partial charge in [0.15, 0.2) is 5.75 Å². The van der Waals surface area contributed by atoms with E-state index < -0.39 is 10.0 Å². The van der Waals surface area contributed by atoms with Crippen LogP contribution in [0.2, 0.25) is 0 Å².